The zero-order valence-corrected chi connectivity index (χ0v) is 21.9. The van der Waals surface area contributed by atoms with E-state index in [1.54, 1.807) is 13.0 Å². The van der Waals surface area contributed by atoms with Crippen molar-refractivity contribution in [2.75, 3.05) is 18.8 Å². The Labute approximate surface area is 210 Å². The minimum absolute atomic E-state index is 0.0186. The monoisotopic (exact) mass is 521 g/mol. The van der Waals surface area contributed by atoms with Crippen LogP contribution in [0.2, 0.25) is 0 Å². The van der Waals surface area contributed by atoms with Crippen LogP contribution in [-0.2, 0) is 21.1 Å². The molecule has 0 radical (unpaired) electrons. The van der Waals surface area contributed by atoms with Crippen molar-refractivity contribution in [1.82, 2.24) is 5.32 Å². The third-order valence-electron chi connectivity index (χ3n) is 5.96. The number of carboxylic acids is 1. The number of hydrogen-bond donors (Lipinski definition) is 2. The summed E-state index contributed by atoms with van der Waals surface area (Å²) < 4.78 is 46.5. The average molecular weight is 522 g/mol. The standard InChI is InChI=1S/C26H32FNO5S2/c1-4-21(33-22-9-6-19(17(2)14-22)7-11-25(29)30)16-28-12-5-13-35(31,32)26-18(3)23-15-20(27)8-10-24(23)34-26/h6,8-10,14-15,21,28H,4-5,7,11-13,16H2,1-3H3,(H,29,30). The molecule has 0 bridgehead atoms. The van der Waals surface area contributed by atoms with Gasteiger partial charge >= 0.3 is 5.97 Å². The normalized spacial score (nSPS) is 12.7. The lowest BCUT2D eigenvalue weighted by Gasteiger charge is -2.19. The second-order valence-corrected chi connectivity index (χ2v) is 12.0. The molecule has 0 saturated carbocycles. The Morgan fingerprint density at radius 3 is 2.66 bits per heavy atom. The van der Waals surface area contributed by atoms with Crippen molar-refractivity contribution < 1.29 is 27.4 Å². The molecule has 190 valence electrons. The van der Waals surface area contributed by atoms with Gasteiger partial charge in [-0.2, -0.15) is 0 Å². The van der Waals surface area contributed by atoms with Crippen LogP contribution >= 0.6 is 11.3 Å². The van der Waals surface area contributed by atoms with E-state index in [1.165, 1.54) is 23.5 Å². The number of carbonyl (C=O) groups is 1. The first-order chi connectivity index (χ1) is 16.6. The number of nitrogens with one attached hydrogen (secondary N) is 1. The second-order valence-electron chi connectivity index (χ2n) is 8.66. The molecular formula is C26H32FNO5S2. The maximum atomic E-state index is 13.6. The quantitative estimate of drug-likeness (QED) is 0.297. The Balaban J connectivity index is 1.48. The average Bonchev–Trinajstić information content (AvgIpc) is 3.14. The van der Waals surface area contributed by atoms with Crippen LogP contribution in [0.5, 0.6) is 5.75 Å². The summed E-state index contributed by atoms with van der Waals surface area (Å²) in [5.74, 6) is -0.438. The summed E-state index contributed by atoms with van der Waals surface area (Å²) in [5.41, 5.74) is 2.60. The molecule has 1 aromatic heterocycles. The number of sulfone groups is 1. The number of carboxylic acid groups (broad SMARTS) is 1. The lowest BCUT2D eigenvalue weighted by molar-refractivity contribution is -0.136. The number of benzene rings is 2. The first-order valence-electron chi connectivity index (χ1n) is 11.7. The topological polar surface area (TPSA) is 92.7 Å². The zero-order valence-electron chi connectivity index (χ0n) is 20.3. The molecule has 0 aliphatic carbocycles. The fourth-order valence-electron chi connectivity index (χ4n) is 3.94. The molecule has 0 spiro atoms. The lowest BCUT2D eigenvalue weighted by Crippen LogP contribution is -2.32. The van der Waals surface area contributed by atoms with Crippen LogP contribution in [-0.4, -0.2) is 44.4 Å². The smallest absolute Gasteiger partial charge is 0.303 e. The number of fused-ring (bicyclic) bond motifs is 1. The molecule has 6 nitrogen and oxygen atoms in total. The van der Waals surface area contributed by atoms with E-state index < -0.39 is 15.8 Å². The van der Waals surface area contributed by atoms with E-state index in [0.717, 1.165) is 28.0 Å². The number of aliphatic carboxylic acids is 1. The van der Waals surface area contributed by atoms with Crippen LogP contribution in [0.25, 0.3) is 10.1 Å². The van der Waals surface area contributed by atoms with Gasteiger partial charge in [-0.15, -0.1) is 11.3 Å². The van der Waals surface area contributed by atoms with Crippen LogP contribution < -0.4 is 10.1 Å². The minimum atomic E-state index is -3.45. The molecule has 3 aromatic rings. The number of halogens is 1. The van der Waals surface area contributed by atoms with Crippen LogP contribution in [0.1, 0.15) is 42.9 Å². The molecule has 9 heteroatoms. The highest BCUT2D eigenvalue weighted by atomic mass is 32.2. The van der Waals surface area contributed by atoms with Crippen LogP contribution in [0.3, 0.4) is 0 Å². The van der Waals surface area contributed by atoms with Gasteiger partial charge in [-0.05, 0) is 92.1 Å². The van der Waals surface area contributed by atoms with Crippen LogP contribution in [0.4, 0.5) is 4.39 Å². The van der Waals surface area contributed by atoms with E-state index in [4.69, 9.17) is 9.84 Å². The summed E-state index contributed by atoms with van der Waals surface area (Å²) in [6.07, 6.45) is 1.75. The van der Waals surface area contributed by atoms with Crippen molar-refractivity contribution in [3.63, 3.8) is 0 Å². The first-order valence-corrected chi connectivity index (χ1v) is 14.2. The fourth-order valence-corrected chi connectivity index (χ4v) is 7.17. The molecule has 0 aliphatic rings. The predicted molar refractivity (Wildman–Crippen MR) is 138 cm³/mol. The lowest BCUT2D eigenvalue weighted by atomic mass is 10.0. The Bertz CT molecular complexity index is 1290. The van der Waals surface area contributed by atoms with Crippen molar-refractivity contribution >= 4 is 37.2 Å². The molecule has 0 amide bonds. The van der Waals surface area contributed by atoms with E-state index in [2.05, 4.69) is 5.32 Å². The summed E-state index contributed by atoms with van der Waals surface area (Å²) in [5, 5.41) is 12.8. The zero-order chi connectivity index (χ0) is 25.6. The summed E-state index contributed by atoms with van der Waals surface area (Å²) in [4.78, 5) is 10.8. The molecule has 1 unspecified atom stereocenters. The Morgan fingerprint density at radius 2 is 1.97 bits per heavy atom. The molecule has 0 fully saturated rings. The molecule has 1 atom stereocenters. The van der Waals surface area contributed by atoms with Crippen molar-refractivity contribution in [3.05, 3.63) is 58.9 Å². The highest BCUT2D eigenvalue weighted by Gasteiger charge is 2.22. The highest BCUT2D eigenvalue weighted by molar-refractivity contribution is 7.93. The Hall–Kier alpha value is -2.49. The van der Waals surface area contributed by atoms with Crippen molar-refractivity contribution in [2.24, 2.45) is 0 Å². The van der Waals surface area contributed by atoms with Gasteiger partial charge in [0.25, 0.3) is 0 Å². The van der Waals surface area contributed by atoms with E-state index >= 15 is 0 Å². The van der Waals surface area contributed by atoms with Crippen LogP contribution in [0, 0.1) is 19.7 Å². The van der Waals surface area contributed by atoms with Gasteiger partial charge in [0.15, 0.2) is 9.84 Å². The number of thiophene rings is 1. The second kappa shape index (κ2) is 12.0. The van der Waals surface area contributed by atoms with Gasteiger partial charge in [-0.3, -0.25) is 4.79 Å². The van der Waals surface area contributed by atoms with Gasteiger partial charge in [0, 0.05) is 17.7 Å². The molecule has 2 N–H and O–H groups in total. The summed E-state index contributed by atoms with van der Waals surface area (Å²) in [6.45, 7) is 6.81. The first kappa shape index (κ1) is 27.1. The molecule has 1 heterocycles. The molecule has 3 rings (SSSR count). The van der Waals surface area contributed by atoms with Gasteiger partial charge in [0.05, 0.1) is 5.75 Å². The van der Waals surface area contributed by atoms with Gasteiger partial charge < -0.3 is 15.2 Å². The van der Waals surface area contributed by atoms with Gasteiger partial charge in [0.1, 0.15) is 21.9 Å². The Kier molecular flexibility index (Phi) is 9.27. The summed E-state index contributed by atoms with van der Waals surface area (Å²) in [6, 6.07) is 10.0. The summed E-state index contributed by atoms with van der Waals surface area (Å²) >= 11 is 1.20. The predicted octanol–water partition coefficient (Wildman–Crippen LogP) is 5.29. The molecule has 2 aromatic carbocycles. The third kappa shape index (κ3) is 7.25. The van der Waals surface area contributed by atoms with E-state index in [-0.39, 0.29) is 24.1 Å². The summed E-state index contributed by atoms with van der Waals surface area (Å²) in [7, 11) is -3.45. The fraction of sp³-hybridized carbons (Fsp3) is 0.423. The number of ether oxygens (including phenoxy) is 1. The van der Waals surface area contributed by atoms with Crippen LogP contribution in [0.15, 0.2) is 40.6 Å². The van der Waals surface area contributed by atoms with Gasteiger partial charge in [0.2, 0.25) is 0 Å². The van der Waals surface area contributed by atoms with Gasteiger partial charge in [-0.25, -0.2) is 12.8 Å². The molecule has 0 aliphatic heterocycles. The molecule has 35 heavy (non-hydrogen) atoms. The maximum absolute atomic E-state index is 13.6. The van der Waals surface area contributed by atoms with Crippen molar-refractivity contribution in [1.29, 1.82) is 0 Å². The number of rotatable bonds is 13. The van der Waals surface area contributed by atoms with E-state index in [0.29, 0.717) is 41.1 Å². The number of hydrogen-bond acceptors (Lipinski definition) is 6. The number of aryl methyl sites for hydroxylation is 3. The highest BCUT2D eigenvalue weighted by Crippen LogP contribution is 2.35. The largest absolute Gasteiger partial charge is 0.489 e. The van der Waals surface area contributed by atoms with E-state index in [9.17, 15) is 17.6 Å². The maximum Gasteiger partial charge on any atom is 0.303 e. The SMILES string of the molecule is CCC(CNCCCS(=O)(=O)c1sc2ccc(F)cc2c1C)Oc1ccc(CCC(=O)O)c(C)c1. The third-order valence-corrected chi connectivity index (χ3v) is 9.73. The minimum Gasteiger partial charge on any atom is -0.489 e. The molecular weight excluding hydrogens is 489 g/mol. The molecule has 0 saturated heterocycles. The van der Waals surface area contributed by atoms with Gasteiger partial charge in [-0.1, -0.05) is 13.0 Å². The van der Waals surface area contributed by atoms with Crippen molar-refractivity contribution in [2.45, 2.75) is 56.8 Å². The van der Waals surface area contributed by atoms with E-state index in [1.807, 2.05) is 32.0 Å². The van der Waals surface area contributed by atoms with Crippen molar-refractivity contribution in [3.8, 4) is 5.75 Å². The Morgan fingerprint density at radius 1 is 1.20 bits per heavy atom.